The first-order valence-electron chi connectivity index (χ1n) is 7.37. The van der Waals surface area contributed by atoms with Gasteiger partial charge in [-0.15, -0.1) is 0 Å². The highest BCUT2D eigenvalue weighted by atomic mass is 35.5. The molecule has 2 heterocycles. The lowest BCUT2D eigenvalue weighted by atomic mass is 10.1. The summed E-state index contributed by atoms with van der Waals surface area (Å²) in [7, 11) is 1.86. The van der Waals surface area contributed by atoms with Crippen LogP contribution in [-0.4, -0.2) is 32.7 Å². The molecule has 0 aliphatic carbocycles. The maximum absolute atomic E-state index is 6.31. The second kappa shape index (κ2) is 6.62. The molecule has 6 heteroatoms. The molecule has 2 rings (SSSR count). The van der Waals surface area contributed by atoms with Crippen molar-refractivity contribution in [3.63, 3.8) is 0 Å². The van der Waals surface area contributed by atoms with Crippen molar-refractivity contribution in [3.8, 4) is 0 Å². The Morgan fingerprint density at radius 2 is 1.76 bits per heavy atom. The Kier molecular flexibility index (Phi) is 5.06. The third-order valence-corrected chi connectivity index (χ3v) is 4.38. The van der Waals surface area contributed by atoms with E-state index in [2.05, 4.69) is 36.3 Å². The number of hydrogen-bond donors (Lipinski definition) is 1. The van der Waals surface area contributed by atoms with Crippen molar-refractivity contribution >= 4 is 11.6 Å². The smallest absolute Gasteiger partial charge is 0.132 e. The number of nitrogens with zero attached hydrogens (tertiary/aromatic N) is 4. The third-order valence-electron chi connectivity index (χ3n) is 3.91. The van der Waals surface area contributed by atoms with E-state index in [0.29, 0.717) is 11.7 Å². The van der Waals surface area contributed by atoms with Crippen LogP contribution >= 0.6 is 11.6 Å². The summed E-state index contributed by atoms with van der Waals surface area (Å²) in [5, 5.41) is 13.1. The van der Waals surface area contributed by atoms with E-state index < -0.39 is 0 Å². The van der Waals surface area contributed by atoms with Gasteiger partial charge in [0.25, 0.3) is 0 Å². The summed E-state index contributed by atoms with van der Waals surface area (Å²) in [6.07, 6.45) is 1.01. The van der Waals surface area contributed by atoms with Crippen LogP contribution in [0.3, 0.4) is 0 Å². The molecule has 0 aliphatic rings. The minimum absolute atomic E-state index is 0.673. The van der Waals surface area contributed by atoms with Crippen molar-refractivity contribution in [2.75, 3.05) is 13.1 Å². The van der Waals surface area contributed by atoms with E-state index in [1.165, 1.54) is 11.3 Å². The Labute approximate surface area is 131 Å². The first kappa shape index (κ1) is 16.0. The van der Waals surface area contributed by atoms with Gasteiger partial charge < -0.3 is 5.32 Å². The Balaban J connectivity index is 2.23. The van der Waals surface area contributed by atoms with E-state index in [9.17, 15) is 0 Å². The molecule has 2 aromatic heterocycles. The van der Waals surface area contributed by atoms with Crippen molar-refractivity contribution in [1.82, 2.24) is 24.9 Å². The first-order chi connectivity index (χ1) is 9.95. The molecule has 21 heavy (non-hydrogen) atoms. The number of rotatable bonds is 6. The van der Waals surface area contributed by atoms with Gasteiger partial charge in [0.2, 0.25) is 0 Å². The lowest BCUT2D eigenvalue weighted by Crippen LogP contribution is -2.16. The minimum atomic E-state index is 0.673. The Morgan fingerprint density at radius 3 is 2.33 bits per heavy atom. The van der Waals surface area contributed by atoms with Crippen molar-refractivity contribution in [1.29, 1.82) is 0 Å². The highest BCUT2D eigenvalue weighted by molar-refractivity contribution is 6.30. The van der Waals surface area contributed by atoms with Gasteiger partial charge in [-0.2, -0.15) is 10.2 Å². The molecule has 1 N–H and O–H groups in total. The Bertz CT molecular complexity index is 627. The Morgan fingerprint density at radius 1 is 1.10 bits per heavy atom. The van der Waals surface area contributed by atoms with Gasteiger partial charge in [0.1, 0.15) is 5.15 Å². The molecule has 0 atom stereocenters. The number of hydrogen-bond acceptors (Lipinski definition) is 3. The van der Waals surface area contributed by atoms with Crippen LogP contribution in [0.25, 0.3) is 0 Å². The zero-order valence-corrected chi connectivity index (χ0v) is 14.3. The summed E-state index contributed by atoms with van der Waals surface area (Å²) in [4.78, 5) is 0. The zero-order chi connectivity index (χ0) is 15.6. The molecule has 0 amide bonds. The number of aromatic nitrogens is 4. The maximum atomic E-state index is 6.31. The van der Waals surface area contributed by atoms with Crippen LogP contribution in [0.4, 0.5) is 0 Å². The van der Waals surface area contributed by atoms with E-state index in [1.807, 2.05) is 18.7 Å². The lowest BCUT2D eigenvalue weighted by molar-refractivity contribution is 0.654. The molecule has 0 bridgehead atoms. The summed E-state index contributed by atoms with van der Waals surface area (Å²) in [6.45, 7) is 11.0. The summed E-state index contributed by atoms with van der Waals surface area (Å²) in [5.41, 5.74) is 5.65. The predicted molar refractivity (Wildman–Crippen MR) is 86.0 cm³/mol. The van der Waals surface area contributed by atoms with Crippen molar-refractivity contribution in [2.45, 2.75) is 40.7 Å². The highest BCUT2D eigenvalue weighted by Gasteiger charge is 2.16. The number of likely N-dealkylation sites (N-methyl/N-ethyl adjacent to an activating group) is 1. The maximum Gasteiger partial charge on any atom is 0.132 e. The number of nitrogens with one attached hydrogen (secondary N) is 1. The summed E-state index contributed by atoms with van der Waals surface area (Å²) < 4.78 is 3.75. The first-order valence-corrected chi connectivity index (χ1v) is 7.75. The SMILES string of the molecule is CCNCCc1c(C)nn(Cc2c(C)nn(C)c2Cl)c1C. The molecule has 0 spiro atoms. The fraction of sp³-hybridized carbons (Fsp3) is 0.600. The summed E-state index contributed by atoms with van der Waals surface area (Å²) in [5.74, 6) is 0. The van der Waals surface area contributed by atoms with Crippen molar-refractivity contribution in [2.24, 2.45) is 7.05 Å². The normalized spacial score (nSPS) is 11.3. The molecule has 0 saturated carbocycles. The van der Waals surface area contributed by atoms with E-state index in [4.69, 9.17) is 11.6 Å². The van der Waals surface area contributed by atoms with Crippen LogP contribution in [0.15, 0.2) is 0 Å². The molecule has 0 fully saturated rings. The fourth-order valence-corrected chi connectivity index (χ4v) is 2.88. The zero-order valence-electron chi connectivity index (χ0n) is 13.5. The van der Waals surface area contributed by atoms with Crippen molar-refractivity contribution in [3.05, 3.63) is 33.4 Å². The van der Waals surface area contributed by atoms with Gasteiger partial charge in [0.05, 0.1) is 17.9 Å². The molecular formula is C15H24ClN5. The van der Waals surface area contributed by atoms with Crippen molar-refractivity contribution < 1.29 is 0 Å². The van der Waals surface area contributed by atoms with E-state index in [-0.39, 0.29) is 0 Å². The molecule has 5 nitrogen and oxygen atoms in total. The van der Waals surface area contributed by atoms with Crippen LogP contribution in [0.1, 0.15) is 35.1 Å². The van der Waals surface area contributed by atoms with E-state index in [1.54, 1.807) is 4.68 Å². The molecule has 116 valence electrons. The number of aryl methyl sites for hydroxylation is 3. The van der Waals surface area contributed by atoms with E-state index in [0.717, 1.165) is 36.5 Å². The summed E-state index contributed by atoms with van der Waals surface area (Å²) in [6, 6.07) is 0. The molecule has 0 aliphatic heterocycles. The van der Waals surface area contributed by atoms with Crippen LogP contribution in [-0.2, 0) is 20.0 Å². The largest absolute Gasteiger partial charge is 0.317 e. The van der Waals surface area contributed by atoms with Gasteiger partial charge in [-0.1, -0.05) is 18.5 Å². The Hall–Kier alpha value is -1.33. The molecule has 2 aromatic rings. The number of halogens is 1. The lowest BCUT2D eigenvalue weighted by Gasteiger charge is -2.06. The standard InChI is InChI=1S/C15H24ClN5/c1-6-17-8-7-13-10(2)19-21(12(13)4)9-14-11(3)18-20(5)15(14)16/h17H,6-9H2,1-5H3. The van der Waals surface area contributed by atoms with Gasteiger partial charge in [-0.3, -0.25) is 9.36 Å². The second-order valence-electron chi connectivity index (χ2n) is 5.39. The van der Waals surface area contributed by atoms with Crippen LogP contribution in [0.5, 0.6) is 0 Å². The summed E-state index contributed by atoms with van der Waals surface area (Å²) >= 11 is 6.31. The topological polar surface area (TPSA) is 47.7 Å². The monoisotopic (exact) mass is 309 g/mol. The van der Waals surface area contributed by atoms with Gasteiger partial charge in [-0.05, 0) is 45.8 Å². The quantitative estimate of drug-likeness (QED) is 0.834. The fourth-order valence-electron chi connectivity index (χ4n) is 2.64. The van der Waals surface area contributed by atoms with Gasteiger partial charge >= 0.3 is 0 Å². The average molecular weight is 310 g/mol. The second-order valence-corrected chi connectivity index (χ2v) is 5.75. The predicted octanol–water partition coefficient (Wildman–Crippen LogP) is 2.40. The van der Waals surface area contributed by atoms with Gasteiger partial charge in [-0.25, -0.2) is 0 Å². The van der Waals surface area contributed by atoms with E-state index >= 15 is 0 Å². The van der Waals surface area contributed by atoms with Gasteiger partial charge in [0, 0.05) is 18.3 Å². The molecule has 0 radical (unpaired) electrons. The van der Waals surface area contributed by atoms with Crippen LogP contribution in [0, 0.1) is 20.8 Å². The molecule has 0 saturated heterocycles. The minimum Gasteiger partial charge on any atom is -0.317 e. The highest BCUT2D eigenvalue weighted by Crippen LogP contribution is 2.22. The molecular weight excluding hydrogens is 286 g/mol. The average Bonchev–Trinajstić information content (AvgIpc) is 2.83. The molecule has 0 unspecified atom stereocenters. The van der Waals surface area contributed by atoms with Crippen LogP contribution < -0.4 is 5.32 Å². The third kappa shape index (κ3) is 3.30. The van der Waals surface area contributed by atoms with Crippen LogP contribution in [0.2, 0.25) is 5.15 Å². The van der Waals surface area contributed by atoms with Gasteiger partial charge in [0.15, 0.2) is 0 Å². The molecule has 0 aromatic carbocycles.